The fraction of sp³-hybridized carbons (Fsp3) is 0.615. The summed E-state index contributed by atoms with van der Waals surface area (Å²) >= 11 is 0. The predicted molar refractivity (Wildman–Crippen MR) is 134 cm³/mol. The molecular weight excluding hydrogens is 493 g/mol. The van der Waals surface area contributed by atoms with E-state index in [9.17, 15) is 14.4 Å². The van der Waals surface area contributed by atoms with Gasteiger partial charge in [0.1, 0.15) is 17.6 Å². The van der Waals surface area contributed by atoms with E-state index in [1.54, 1.807) is 0 Å². The number of ether oxygens (including phenoxy) is 1. The third kappa shape index (κ3) is 4.34. The fourth-order valence-corrected chi connectivity index (χ4v) is 6.12. The van der Waals surface area contributed by atoms with Gasteiger partial charge in [0.15, 0.2) is 0 Å². The molecule has 2 aliphatic carbocycles. The molecule has 6 rings (SSSR count). The standard InChI is InChI=1S/C26H32FN7O4/c1-13(2)34-17(12-28-33-34)23(35)32-21(19(14-3-4-14)15-5-6-15)24(36)31-18-11-16-20(22(27)30-18)26(25(37)29-16)7-9-38-10-8-26/h11-15,19,21H,3-10H2,1-2H3,(H,29,37)(H,32,35)(H,30,31,36)/t21-/m0/s1. The number of aromatic nitrogens is 4. The molecule has 1 saturated heterocycles. The van der Waals surface area contributed by atoms with Crippen molar-refractivity contribution in [2.45, 2.75) is 69.9 Å². The molecule has 3 N–H and O–H groups in total. The van der Waals surface area contributed by atoms with E-state index in [0.717, 1.165) is 25.7 Å². The van der Waals surface area contributed by atoms with Crippen molar-refractivity contribution in [2.75, 3.05) is 23.8 Å². The molecule has 1 spiro atoms. The third-order valence-electron chi connectivity index (χ3n) is 8.32. The number of carbonyl (C=O) groups is 3. The van der Waals surface area contributed by atoms with E-state index in [2.05, 4.69) is 31.2 Å². The molecule has 2 aliphatic heterocycles. The average Bonchev–Trinajstić information content (AvgIpc) is 3.82. The van der Waals surface area contributed by atoms with Crippen LogP contribution in [-0.2, 0) is 19.7 Å². The molecule has 0 radical (unpaired) electrons. The van der Waals surface area contributed by atoms with Crippen LogP contribution in [0.2, 0.25) is 0 Å². The normalized spacial score (nSPS) is 20.9. The lowest BCUT2D eigenvalue weighted by molar-refractivity contribution is -0.124. The predicted octanol–water partition coefficient (Wildman–Crippen LogP) is 2.57. The third-order valence-corrected chi connectivity index (χ3v) is 8.32. The summed E-state index contributed by atoms with van der Waals surface area (Å²) in [5.41, 5.74) is -0.181. The topological polar surface area (TPSA) is 140 Å². The lowest BCUT2D eigenvalue weighted by Gasteiger charge is -2.31. The first-order valence-electron chi connectivity index (χ1n) is 13.4. The summed E-state index contributed by atoms with van der Waals surface area (Å²) in [6.07, 6.45) is 6.17. The number of pyridine rings is 1. The van der Waals surface area contributed by atoms with E-state index in [-0.39, 0.29) is 34.9 Å². The van der Waals surface area contributed by atoms with E-state index >= 15 is 4.39 Å². The van der Waals surface area contributed by atoms with Crippen molar-refractivity contribution < 1.29 is 23.5 Å². The number of rotatable bonds is 8. The largest absolute Gasteiger partial charge is 0.381 e. The highest BCUT2D eigenvalue weighted by atomic mass is 19.1. The van der Waals surface area contributed by atoms with Gasteiger partial charge in [-0.05, 0) is 70.1 Å². The van der Waals surface area contributed by atoms with Crippen LogP contribution in [0.5, 0.6) is 0 Å². The van der Waals surface area contributed by atoms with Crippen LogP contribution in [0.4, 0.5) is 15.9 Å². The van der Waals surface area contributed by atoms with Gasteiger partial charge in [-0.25, -0.2) is 9.67 Å². The molecule has 3 amide bonds. The molecule has 2 aromatic rings. The van der Waals surface area contributed by atoms with Crippen molar-refractivity contribution in [3.8, 4) is 0 Å². The summed E-state index contributed by atoms with van der Waals surface area (Å²) in [6, 6.07) is 0.590. The maximum Gasteiger partial charge on any atom is 0.271 e. The Balaban J connectivity index is 1.27. The number of fused-ring (bicyclic) bond motifs is 2. The summed E-state index contributed by atoms with van der Waals surface area (Å²) in [5.74, 6) is -1.27. The smallest absolute Gasteiger partial charge is 0.271 e. The van der Waals surface area contributed by atoms with Crippen LogP contribution in [0.1, 0.15) is 74.5 Å². The SMILES string of the molecule is CC(C)n1nncc1C(=O)N[C@H](C(=O)Nc1cc2c(c(F)n1)C1(CCOCC1)C(=O)N2)C(C1CC1)C1CC1. The Hall–Kier alpha value is -3.41. The van der Waals surface area contributed by atoms with E-state index in [0.29, 0.717) is 43.6 Å². The van der Waals surface area contributed by atoms with Crippen molar-refractivity contribution in [1.82, 2.24) is 25.3 Å². The maximum absolute atomic E-state index is 15.4. The van der Waals surface area contributed by atoms with Crippen LogP contribution in [0, 0.1) is 23.7 Å². The van der Waals surface area contributed by atoms with Gasteiger partial charge in [-0.2, -0.15) is 4.39 Å². The Morgan fingerprint density at radius 1 is 1.18 bits per heavy atom. The molecule has 11 nitrogen and oxygen atoms in total. The van der Waals surface area contributed by atoms with Gasteiger partial charge >= 0.3 is 0 Å². The zero-order valence-electron chi connectivity index (χ0n) is 21.5. The second-order valence-corrected chi connectivity index (χ2v) is 11.2. The summed E-state index contributed by atoms with van der Waals surface area (Å²) in [5, 5.41) is 16.3. The van der Waals surface area contributed by atoms with Crippen molar-refractivity contribution in [3.05, 3.63) is 29.5 Å². The second-order valence-electron chi connectivity index (χ2n) is 11.2. The van der Waals surface area contributed by atoms with Crippen molar-refractivity contribution >= 4 is 29.2 Å². The highest BCUT2D eigenvalue weighted by Gasteiger charge is 2.51. The van der Waals surface area contributed by atoms with Crippen LogP contribution < -0.4 is 16.0 Å². The number of halogens is 1. The van der Waals surface area contributed by atoms with E-state index < -0.39 is 29.2 Å². The zero-order chi connectivity index (χ0) is 26.6. The molecular formula is C26H32FN7O4. The van der Waals surface area contributed by atoms with Gasteiger partial charge < -0.3 is 20.7 Å². The summed E-state index contributed by atoms with van der Waals surface area (Å²) < 4.78 is 22.3. The maximum atomic E-state index is 15.4. The van der Waals surface area contributed by atoms with Crippen LogP contribution in [0.3, 0.4) is 0 Å². The van der Waals surface area contributed by atoms with E-state index in [1.165, 1.54) is 16.9 Å². The molecule has 0 aromatic carbocycles. The second kappa shape index (κ2) is 9.40. The molecule has 2 saturated carbocycles. The van der Waals surface area contributed by atoms with Gasteiger partial charge in [0, 0.05) is 30.9 Å². The van der Waals surface area contributed by atoms with E-state index in [1.807, 2.05) is 13.8 Å². The van der Waals surface area contributed by atoms with Crippen LogP contribution in [-0.4, -0.2) is 57.0 Å². The number of nitrogens with one attached hydrogen (secondary N) is 3. The van der Waals surface area contributed by atoms with Crippen molar-refractivity contribution in [2.24, 2.45) is 17.8 Å². The number of amides is 3. The number of nitrogens with zero attached hydrogens (tertiary/aromatic N) is 4. The van der Waals surface area contributed by atoms with Crippen LogP contribution >= 0.6 is 0 Å². The molecule has 4 aliphatic rings. The zero-order valence-corrected chi connectivity index (χ0v) is 21.5. The van der Waals surface area contributed by atoms with Crippen LogP contribution in [0.25, 0.3) is 0 Å². The Labute approximate surface area is 219 Å². The summed E-state index contributed by atoms with van der Waals surface area (Å²) in [7, 11) is 0. The Bertz CT molecular complexity index is 1270. The first-order valence-corrected chi connectivity index (χ1v) is 13.4. The Kier molecular flexibility index (Phi) is 6.16. The van der Waals surface area contributed by atoms with Crippen LogP contribution in [0.15, 0.2) is 12.3 Å². The van der Waals surface area contributed by atoms with Gasteiger partial charge in [-0.1, -0.05) is 5.21 Å². The van der Waals surface area contributed by atoms with Gasteiger partial charge in [0.25, 0.3) is 5.91 Å². The van der Waals surface area contributed by atoms with Crippen molar-refractivity contribution in [3.63, 3.8) is 0 Å². The minimum absolute atomic E-state index is 0.00542. The molecule has 4 heterocycles. The Morgan fingerprint density at radius 3 is 2.50 bits per heavy atom. The quantitative estimate of drug-likeness (QED) is 0.450. The fourth-order valence-electron chi connectivity index (χ4n) is 6.12. The number of hydrogen-bond donors (Lipinski definition) is 3. The molecule has 2 aromatic heterocycles. The van der Waals surface area contributed by atoms with Gasteiger partial charge in [0.2, 0.25) is 17.8 Å². The molecule has 202 valence electrons. The first-order chi connectivity index (χ1) is 18.3. The molecule has 0 bridgehead atoms. The number of anilines is 2. The minimum Gasteiger partial charge on any atom is -0.381 e. The lowest BCUT2D eigenvalue weighted by atomic mass is 9.75. The van der Waals surface area contributed by atoms with E-state index in [4.69, 9.17) is 4.74 Å². The first kappa shape index (κ1) is 24.9. The van der Waals surface area contributed by atoms with Crippen molar-refractivity contribution in [1.29, 1.82) is 0 Å². The molecule has 12 heteroatoms. The highest BCUT2D eigenvalue weighted by molar-refractivity contribution is 6.07. The summed E-state index contributed by atoms with van der Waals surface area (Å²) in [6.45, 7) is 4.51. The van der Waals surface area contributed by atoms with Gasteiger partial charge in [-0.3, -0.25) is 14.4 Å². The average molecular weight is 526 g/mol. The molecule has 1 atom stereocenters. The number of carbonyl (C=O) groups excluding carboxylic acids is 3. The lowest BCUT2D eigenvalue weighted by Crippen LogP contribution is -2.50. The van der Waals surface area contributed by atoms with Gasteiger partial charge in [0.05, 0.1) is 17.3 Å². The Morgan fingerprint density at radius 2 is 1.87 bits per heavy atom. The minimum atomic E-state index is -1.000. The molecule has 3 fully saturated rings. The van der Waals surface area contributed by atoms with Gasteiger partial charge in [-0.15, -0.1) is 5.10 Å². The number of hydrogen-bond acceptors (Lipinski definition) is 7. The molecule has 38 heavy (non-hydrogen) atoms. The highest BCUT2D eigenvalue weighted by Crippen LogP contribution is 2.51. The summed E-state index contributed by atoms with van der Waals surface area (Å²) in [4.78, 5) is 43.8. The molecule has 0 unspecified atom stereocenters. The monoisotopic (exact) mass is 525 g/mol.